The summed E-state index contributed by atoms with van der Waals surface area (Å²) in [7, 11) is 0. The van der Waals surface area contributed by atoms with Gasteiger partial charge in [0.25, 0.3) is 0 Å². The second-order valence-corrected chi connectivity index (χ2v) is 3.92. The quantitative estimate of drug-likeness (QED) is 0.824. The van der Waals surface area contributed by atoms with Gasteiger partial charge in [-0.15, -0.1) is 0 Å². The Labute approximate surface area is 104 Å². The number of furan rings is 1. The van der Waals surface area contributed by atoms with Crippen molar-refractivity contribution in [1.82, 2.24) is 0 Å². The Morgan fingerprint density at radius 3 is 2.47 bits per heavy atom. The molecule has 3 nitrogen and oxygen atoms in total. The van der Waals surface area contributed by atoms with Crippen LogP contribution in [0.5, 0.6) is 0 Å². The van der Waals surface area contributed by atoms with Gasteiger partial charge in [-0.25, -0.2) is 0 Å². The van der Waals surface area contributed by atoms with Gasteiger partial charge in [0, 0.05) is 5.02 Å². The van der Waals surface area contributed by atoms with E-state index in [1.807, 2.05) is 24.3 Å². The first-order valence-corrected chi connectivity index (χ1v) is 5.50. The van der Waals surface area contributed by atoms with Crippen molar-refractivity contribution >= 4 is 24.0 Å². The highest BCUT2D eigenvalue weighted by Gasteiger charge is 1.95. The normalized spacial score (nSPS) is 10.9. The fourth-order valence-corrected chi connectivity index (χ4v) is 1.47. The van der Waals surface area contributed by atoms with Gasteiger partial charge in [-0.1, -0.05) is 23.7 Å². The number of rotatable bonds is 4. The van der Waals surface area contributed by atoms with Crippen LogP contribution < -0.4 is 0 Å². The van der Waals surface area contributed by atoms with Crippen LogP contribution in [0.25, 0.3) is 0 Å². The molecule has 0 aliphatic heterocycles. The van der Waals surface area contributed by atoms with E-state index in [0.29, 0.717) is 18.1 Å². The molecule has 1 aromatic carbocycles. The molecule has 0 atom stereocenters. The van der Waals surface area contributed by atoms with E-state index in [1.165, 1.54) is 0 Å². The molecule has 2 aromatic rings. The molecule has 0 radical (unpaired) electrons. The fourth-order valence-electron chi connectivity index (χ4n) is 1.35. The van der Waals surface area contributed by atoms with E-state index in [2.05, 4.69) is 4.99 Å². The SMILES string of the molecule is N=Cc1ccc(C=NCc2ccc(Cl)cc2)o1. The number of nitrogens with zero attached hydrogens (tertiary/aromatic N) is 1. The summed E-state index contributed by atoms with van der Waals surface area (Å²) in [5.41, 5.74) is 1.09. The highest BCUT2D eigenvalue weighted by molar-refractivity contribution is 6.30. The van der Waals surface area contributed by atoms with Crippen LogP contribution >= 0.6 is 11.6 Å². The summed E-state index contributed by atoms with van der Waals surface area (Å²) in [6, 6.07) is 11.1. The summed E-state index contributed by atoms with van der Waals surface area (Å²) in [5.74, 6) is 1.18. The van der Waals surface area contributed by atoms with E-state index in [4.69, 9.17) is 21.4 Å². The lowest BCUT2D eigenvalue weighted by atomic mass is 10.2. The first kappa shape index (κ1) is 11.6. The molecule has 0 spiro atoms. The number of nitrogens with one attached hydrogen (secondary N) is 1. The molecule has 0 fully saturated rings. The minimum Gasteiger partial charge on any atom is -0.454 e. The molecule has 17 heavy (non-hydrogen) atoms. The molecule has 1 aromatic heterocycles. The highest BCUT2D eigenvalue weighted by Crippen LogP contribution is 2.10. The van der Waals surface area contributed by atoms with Crippen molar-refractivity contribution in [2.45, 2.75) is 6.54 Å². The van der Waals surface area contributed by atoms with E-state index in [1.54, 1.807) is 18.3 Å². The molecule has 86 valence electrons. The number of halogens is 1. The lowest BCUT2D eigenvalue weighted by Crippen LogP contribution is -1.82. The molecule has 0 saturated carbocycles. The van der Waals surface area contributed by atoms with Crippen LogP contribution in [0.15, 0.2) is 45.8 Å². The van der Waals surface area contributed by atoms with Crippen molar-refractivity contribution in [3.05, 3.63) is 58.5 Å². The first-order valence-electron chi connectivity index (χ1n) is 5.12. The van der Waals surface area contributed by atoms with Crippen molar-refractivity contribution in [2.24, 2.45) is 4.99 Å². The highest BCUT2D eigenvalue weighted by atomic mass is 35.5. The predicted octanol–water partition coefficient (Wildman–Crippen LogP) is 3.55. The van der Waals surface area contributed by atoms with Gasteiger partial charge in [-0.05, 0) is 29.8 Å². The number of hydrogen-bond acceptors (Lipinski definition) is 3. The summed E-state index contributed by atoms with van der Waals surface area (Å²) in [6.45, 7) is 0.581. The fraction of sp³-hybridized carbons (Fsp3) is 0.0769. The van der Waals surface area contributed by atoms with Gasteiger partial charge < -0.3 is 9.83 Å². The first-order chi connectivity index (χ1) is 8.28. The third-order valence-corrected chi connectivity index (χ3v) is 2.45. The average Bonchev–Trinajstić information content (AvgIpc) is 2.80. The minimum atomic E-state index is 0.526. The third-order valence-electron chi connectivity index (χ3n) is 2.20. The third kappa shape index (κ3) is 3.29. The van der Waals surface area contributed by atoms with Crippen LogP contribution in [0.4, 0.5) is 0 Å². The molecule has 0 unspecified atom stereocenters. The van der Waals surface area contributed by atoms with E-state index in [9.17, 15) is 0 Å². The van der Waals surface area contributed by atoms with Crippen LogP contribution in [0.2, 0.25) is 5.02 Å². The summed E-state index contributed by atoms with van der Waals surface area (Å²) in [6.07, 6.45) is 2.82. The van der Waals surface area contributed by atoms with Crippen LogP contribution in [0, 0.1) is 5.41 Å². The van der Waals surface area contributed by atoms with Gasteiger partial charge in [-0.2, -0.15) is 0 Å². The molecule has 0 amide bonds. The Morgan fingerprint density at radius 2 is 1.82 bits per heavy atom. The molecular formula is C13H11ClN2O. The molecule has 1 heterocycles. The molecule has 1 N–H and O–H groups in total. The molecule has 0 saturated heterocycles. The van der Waals surface area contributed by atoms with E-state index in [-0.39, 0.29) is 0 Å². The van der Waals surface area contributed by atoms with Crippen LogP contribution in [-0.4, -0.2) is 12.4 Å². The van der Waals surface area contributed by atoms with Crippen LogP contribution in [0.1, 0.15) is 17.1 Å². The Morgan fingerprint density at radius 1 is 1.12 bits per heavy atom. The van der Waals surface area contributed by atoms with Gasteiger partial charge in [0.1, 0.15) is 11.5 Å². The maximum absolute atomic E-state index is 7.01. The molecule has 2 rings (SSSR count). The average molecular weight is 247 g/mol. The zero-order chi connectivity index (χ0) is 12.1. The summed E-state index contributed by atoms with van der Waals surface area (Å²) in [5, 5.41) is 7.73. The van der Waals surface area contributed by atoms with Crippen molar-refractivity contribution in [2.75, 3.05) is 0 Å². The maximum atomic E-state index is 7.01. The van der Waals surface area contributed by atoms with Gasteiger partial charge in [0.15, 0.2) is 0 Å². The molecule has 0 bridgehead atoms. The Balaban J connectivity index is 1.97. The van der Waals surface area contributed by atoms with Crippen molar-refractivity contribution in [3.63, 3.8) is 0 Å². The summed E-state index contributed by atoms with van der Waals surface area (Å²) in [4.78, 5) is 4.25. The standard InChI is InChI=1S/C13H11ClN2O/c14-11-3-1-10(2-4-11)8-16-9-13-6-5-12(7-15)17-13/h1-7,9,15H,8H2. The molecule has 0 aliphatic rings. The largest absolute Gasteiger partial charge is 0.454 e. The topological polar surface area (TPSA) is 49.4 Å². The van der Waals surface area contributed by atoms with Crippen molar-refractivity contribution in [3.8, 4) is 0 Å². The zero-order valence-electron chi connectivity index (χ0n) is 9.06. The van der Waals surface area contributed by atoms with Crippen molar-refractivity contribution < 1.29 is 4.42 Å². The number of benzene rings is 1. The van der Waals surface area contributed by atoms with E-state index < -0.39 is 0 Å². The minimum absolute atomic E-state index is 0.526. The Bertz CT molecular complexity index is 529. The molecule has 0 aliphatic carbocycles. The van der Waals surface area contributed by atoms with Crippen molar-refractivity contribution in [1.29, 1.82) is 5.41 Å². The van der Waals surface area contributed by atoms with E-state index >= 15 is 0 Å². The monoisotopic (exact) mass is 246 g/mol. The lowest BCUT2D eigenvalue weighted by molar-refractivity contribution is 0.552. The summed E-state index contributed by atoms with van der Waals surface area (Å²) >= 11 is 5.79. The van der Waals surface area contributed by atoms with E-state index in [0.717, 1.165) is 16.8 Å². The van der Waals surface area contributed by atoms with Gasteiger partial charge >= 0.3 is 0 Å². The Hall–Kier alpha value is -1.87. The maximum Gasteiger partial charge on any atom is 0.145 e. The van der Waals surface area contributed by atoms with Crippen LogP contribution in [-0.2, 0) is 6.54 Å². The Kier molecular flexibility index (Phi) is 3.73. The molecule has 4 heteroatoms. The van der Waals surface area contributed by atoms with Gasteiger partial charge in [-0.3, -0.25) is 4.99 Å². The lowest BCUT2D eigenvalue weighted by Gasteiger charge is -1.95. The van der Waals surface area contributed by atoms with Crippen LogP contribution in [0.3, 0.4) is 0 Å². The second-order valence-electron chi connectivity index (χ2n) is 3.48. The van der Waals surface area contributed by atoms with Gasteiger partial charge in [0.2, 0.25) is 0 Å². The zero-order valence-corrected chi connectivity index (χ0v) is 9.82. The second kappa shape index (κ2) is 5.46. The smallest absolute Gasteiger partial charge is 0.145 e. The number of hydrogen-bond donors (Lipinski definition) is 1. The number of aliphatic imine (C=N–C) groups is 1. The predicted molar refractivity (Wildman–Crippen MR) is 69.3 cm³/mol. The summed E-state index contributed by atoms with van der Waals surface area (Å²) < 4.78 is 5.28. The molecular weight excluding hydrogens is 236 g/mol. The van der Waals surface area contributed by atoms with Gasteiger partial charge in [0.05, 0.1) is 19.0 Å².